The van der Waals surface area contributed by atoms with Crippen molar-refractivity contribution in [3.8, 4) is 0 Å². The zero-order chi connectivity index (χ0) is 30.0. The minimum atomic E-state index is -1.15. The maximum Gasteiger partial charge on any atom is 0.408 e. The smallest absolute Gasteiger partial charge is 0.408 e. The van der Waals surface area contributed by atoms with Crippen molar-refractivity contribution in [2.45, 2.75) is 104 Å². The molecule has 1 aromatic rings. The molecule has 1 fully saturated rings. The van der Waals surface area contributed by atoms with Gasteiger partial charge in [0.2, 0.25) is 17.7 Å². The molecule has 0 radical (unpaired) electrons. The molecule has 222 valence electrons. The summed E-state index contributed by atoms with van der Waals surface area (Å²) in [7, 11) is 0. The number of hydrogen-bond donors (Lipinski definition) is 3. The van der Waals surface area contributed by atoms with E-state index in [2.05, 4.69) is 10.6 Å². The van der Waals surface area contributed by atoms with Gasteiger partial charge in [-0.05, 0) is 78.4 Å². The van der Waals surface area contributed by atoms with Gasteiger partial charge in [-0.2, -0.15) is 0 Å². The highest BCUT2D eigenvalue weighted by Gasteiger charge is 2.42. The predicted octanol–water partition coefficient (Wildman–Crippen LogP) is 2.95. The number of nitrogens with zero attached hydrogens (tertiary/aromatic N) is 1. The minimum Gasteiger partial charge on any atom is -0.466 e. The number of esters is 1. The van der Waals surface area contributed by atoms with Crippen LogP contribution in [0.25, 0.3) is 0 Å². The van der Waals surface area contributed by atoms with Gasteiger partial charge >= 0.3 is 12.1 Å². The maximum absolute atomic E-state index is 14.2. The summed E-state index contributed by atoms with van der Waals surface area (Å²) in [5.41, 5.74) is 7.00. The number of primary amides is 1. The first-order valence-electron chi connectivity index (χ1n) is 13.8. The van der Waals surface area contributed by atoms with Gasteiger partial charge in [0, 0.05) is 19.0 Å². The fourth-order valence-corrected chi connectivity index (χ4v) is 4.52. The molecular weight excluding hydrogens is 516 g/mol. The molecule has 0 spiro atoms. The van der Waals surface area contributed by atoms with Gasteiger partial charge in [0.15, 0.2) is 0 Å². The third kappa shape index (κ3) is 9.84. The molecule has 0 aliphatic heterocycles. The lowest BCUT2D eigenvalue weighted by molar-refractivity contribution is -0.148. The average molecular weight is 561 g/mol. The van der Waals surface area contributed by atoms with Crippen molar-refractivity contribution < 1.29 is 33.4 Å². The van der Waals surface area contributed by atoms with E-state index in [4.69, 9.17) is 15.2 Å². The number of carbonyl (C=O) groups excluding carboxylic acids is 5. The molecule has 11 heteroatoms. The molecular formula is C29H44N4O7. The Kier molecular flexibility index (Phi) is 11.9. The van der Waals surface area contributed by atoms with Gasteiger partial charge in [0.05, 0.1) is 13.0 Å². The minimum absolute atomic E-state index is 0.0159. The standard InChI is InChI=1S/C29H44N4O7/c1-7-39-24(35)15-16-31-26(36)25(21-12-11-18(2)17-19(21)3)33(20-9-8-10-20)27(37)22(13-14-23(30)34)32-28(38)40-29(4,5)6/h11-12,17,20,22,25H,7-10,13-16H2,1-6H3,(H2,30,34)(H,31,36)(H,32,38). The average Bonchev–Trinajstić information content (AvgIpc) is 2.79. The van der Waals surface area contributed by atoms with Crippen LogP contribution < -0.4 is 16.4 Å². The largest absolute Gasteiger partial charge is 0.466 e. The highest BCUT2D eigenvalue weighted by Crippen LogP contribution is 2.35. The second-order valence-electron chi connectivity index (χ2n) is 11.1. The second kappa shape index (κ2) is 14.7. The number of nitrogens with two attached hydrogens (primary N) is 1. The third-order valence-electron chi connectivity index (χ3n) is 6.57. The van der Waals surface area contributed by atoms with Crippen molar-refractivity contribution in [2.75, 3.05) is 13.2 Å². The van der Waals surface area contributed by atoms with E-state index in [1.54, 1.807) is 27.7 Å². The molecule has 0 aromatic heterocycles. The van der Waals surface area contributed by atoms with Crippen LogP contribution in [0.5, 0.6) is 0 Å². The first-order valence-corrected chi connectivity index (χ1v) is 13.8. The van der Waals surface area contributed by atoms with Gasteiger partial charge in [-0.25, -0.2) is 4.79 Å². The van der Waals surface area contributed by atoms with E-state index in [1.807, 2.05) is 32.0 Å². The number of aryl methyl sites for hydroxylation is 2. The summed E-state index contributed by atoms with van der Waals surface area (Å²) in [5, 5.41) is 5.39. The summed E-state index contributed by atoms with van der Waals surface area (Å²) in [4.78, 5) is 65.6. The molecule has 40 heavy (non-hydrogen) atoms. The summed E-state index contributed by atoms with van der Waals surface area (Å²) < 4.78 is 10.3. The maximum atomic E-state index is 14.2. The Labute approximate surface area is 236 Å². The first kappa shape index (κ1) is 32.6. The third-order valence-corrected chi connectivity index (χ3v) is 6.57. The van der Waals surface area contributed by atoms with Gasteiger partial charge in [-0.15, -0.1) is 0 Å². The molecule has 4 N–H and O–H groups in total. The highest BCUT2D eigenvalue weighted by molar-refractivity contribution is 5.93. The number of alkyl carbamates (subject to hydrolysis) is 1. The molecule has 1 aliphatic carbocycles. The molecule has 0 saturated heterocycles. The van der Waals surface area contributed by atoms with Crippen molar-refractivity contribution in [2.24, 2.45) is 5.73 Å². The van der Waals surface area contributed by atoms with Crippen molar-refractivity contribution in [3.63, 3.8) is 0 Å². The molecule has 2 unspecified atom stereocenters. The van der Waals surface area contributed by atoms with E-state index in [1.165, 1.54) is 4.90 Å². The van der Waals surface area contributed by atoms with Crippen molar-refractivity contribution >= 4 is 29.8 Å². The van der Waals surface area contributed by atoms with E-state index in [0.717, 1.165) is 17.5 Å². The molecule has 1 aromatic carbocycles. The number of amides is 4. The van der Waals surface area contributed by atoms with Crippen LogP contribution in [0.15, 0.2) is 18.2 Å². The van der Waals surface area contributed by atoms with Crippen molar-refractivity contribution in [1.82, 2.24) is 15.5 Å². The zero-order valence-corrected chi connectivity index (χ0v) is 24.5. The molecule has 0 heterocycles. The molecule has 1 aliphatic rings. The molecule has 1 saturated carbocycles. The van der Waals surface area contributed by atoms with E-state index < -0.39 is 47.5 Å². The number of benzene rings is 1. The first-order chi connectivity index (χ1) is 18.7. The van der Waals surface area contributed by atoms with Crippen molar-refractivity contribution in [1.29, 1.82) is 0 Å². The summed E-state index contributed by atoms with van der Waals surface area (Å²) in [5.74, 6) is -2.03. The fraction of sp³-hybridized carbons (Fsp3) is 0.621. The van der Waals surface area contributed by atoms with Gasteiger partial charge in [0.1, 0.15) is 17.7 Å². The number of rotatable bonds is 13. The van der Waals surface area contributed by atoms with Crippen LogP contribution in [-0.2, 0) is 28.7 Å². The van der Waals surface area contributed by atoms with Gasteiger partial charge in [-0.3, -0.25) is 19.2 Å². The van der Waals surface area contributed by atoms with Gasteiger partial charge in [0.25, 0.3) is 0 Å². The molecule has 2 rings (SSSR count). The molecule has 11 nitrogen and oxygen atoms in total. The monoisotopic (exact) mass is 560 g/mol. The normalized spacial score (nSPS) is 14.8. The topological polar surface area (TPSA) is 157 Å². The SMILES string of the molecule is CCOC(=O)CCNC(=O)C(c1ccc(C)cc1C)N(C(=O)C(CCC(N)=O)NC(=O)OC(C)(C)C)C1CCC1. The van der Waals surface area contributed by atoms with Crippen LogP contribution in [-0.4, -0.2) is 65.5 Å². The number of carbonyl (C=O) groups is 5. The van der Waals surface area contributed by atoms with Crippen LogP contribution in [0.1, 0.15) is 89.0 Å². The summed E-state index contributed by atoms with van der Waals surface area (Å²) in [6, 6.07) is 3.18. The summed E-state index contributed by atoms with van der Waals surface area (Å²) in [6.45, 7) is 10.9. The number of ether oxygens (including phenoxy) is 2. The Morgan fingerprint density at radius 1 is 1.10 bits per heavy atom. The van der Waals surface area contributed by atoms with Crippen LogP contribution in [0.4, 0.5) is 4.79 Å². The summed E-state index contributed by atoms with van der Waals surface area (Å²) in [6.07, 6.45) is 1.20. The van der Waals surface area contributed by atoms with E-state index in [-0.39, 0.29) is 38.5 Å². The Hall–Kier alpha value is -3.63. The Morgan fingerprint density at radius 2 is 1.77 bits per heavy atom. The number of nitrogens with one attached hydrogen (secondary N) is 2. The Balaban J connectivity index is 2.48. The predicted molar refractivity (Wildman–Crippen MR) is 149 cm³/mol. The van der Waals surface area contributed by atoms with Crippen molar-refractivity contribution in [3.05, 3.63) is 34.9 Å². The second-order valence-corrected chi connectivity index (χ2v) is 11.1. The Bertz CT molecular complexity index is 1080. The van der Waals surface area contributed by atoms with E-state index in [0.29, 0.717) is 18.4 Å². The molecule has 2 atom stereocenters. The van der Waals surface area contributed by atoms with Crippen LogP contribution in [0.3, 0.4) is 0 Å². The lowest BCUT2D eigenvalue weighted by Crippen LogP contribution is -2.57. The van der Waals surface area contributed by atoms with Crippen LogP contribution >= 0.6 is 0 Å². The Morgan fingerprint density at radius 3 is 2.30 bits per heavy atom. The molecule has 0 bridgehead atoms. The lowest BCUT2D eigenvalue weighted by atomic mass is 9.87. The summed E-state index contributed by atoms with van der Waals surface area (Å²) >= 11 is 0. The van der Waals surface area contributed by atoms with Crippen LogP contribution in [0.2, 0.25) is 0 Å². The van der Waals surface area contributed by atoms with Gasteiger partial charge in [-0.1, -0.05) is 23.8 Å². The zero-order valence-electron chi connectivity index (χ0n) is 24.5. The van der Waals surface area contributed by atoms with E-state index >= 15 is 0 Å². The number of hydrogen-bond acceptors (Lipinski definition) is 7. The van der Waals surface area contributed by atoms with Gasteiger partial charge < -0.3 is 30.7 Å². The van der Waals surface area contributed by atoms with E-state index in [9.17, 15) is 24.0 Å². The fourth-order valence-electron chi connectivity index (χ4n) is 4.52. The quantitative estimate of drug-likeness (QED) is 0.313. The highest BCUT2D eigenvalue weighted by atomic mass is 16.6. The lowest BCUT2D eigenvalue weighted by Gasteiger charge is -2.44. The van der Waals surface area contributed by atoms with Crippen LogP contribution in [0, 0.1) is 13.8 Å². The molecule has 4 amide bonds.